The van der Waals surface area contributed by atoms with Gasteiger partial charge in [0.2, 0.25) is 12.3 Å². The van der Waals surface area contributed by atoms with E-state index >= 15 is 0 Å². The molecule has 1 amide bonds. The molecule has 1 aromatic heterocycles. The van der Waals surface area contributed by atoms with Crippen molar-refractivity contribution in [1.82, 2.24) is 20.8 Å². The van der Waals surface area contributed by atoms with Gasteiger partial charge in [-0.2, -0.15) is 4.98 Å². The van der Waals surface area contributed by atoms with Crippen LogP contribution in [-0.2, 0) is 11.2 Å². The standard InChI is InChI=1S/C13H20N4O2/c18-13(14-6-5-12-15-8-19-17-12)11-7-9-3-1-2-4-10(9)16-11/h8-11,16H,1-7H2,(H,14,18). The SMILES string of the molecule is O=C(NCCc1ncon1)C1CC2CCCCC2N1. The number of amides is 1. The van der Waals surface area contributed by atoms with Crippen LogP contribution >= 0.6 is 0 Å². The molecule has 104 valence electrons. The first-order valence-electron chi connectivity index (χ1n) is 7.12. The monoisotopic (exact) mass is 264 g/mol. The highest BCUT2D eigenvalue weighted by molar-refractivity contribution is 5.82. The molecule has 1 saturated heterocycles. The van der Waals surface area contributed by atoms with Crippen molar-refractivity contribution in [3.63, 3.8) is 0 Å². The first-order chi connectivity index (χ1) is 9.33. The number of rotatable bonds is 4. The maximum absolute atomic E-state index is 12.1. The molecular weight excluding hydrogens is 244 g/mol. The zero-order chi connectivity index (χ0) is 13.1. The average molecular weight is 264 g/mol. The van der Waals surface area contributed by atoms with E-state index in [9.17, 15) is 4.79 Å². The molecule has 2 N–H and O–H groups in total. The molecule has 3 rings (SSSR count). The number of carbonyl (C=O) groups is 1. The molecule has 1 aromatic rings. The Morgan fingerprint density at radius 3 is 3.16 bits per heavy atom. The van der Waals surface area contributed by atoms with E-state index in [0.29, 0.717) is 30.7 Å². The van der Waals surface area contributed by atoms with E-state index in [1.165, 1.54) is 32.1 Å². The van der Waals surface area contributed by atoms with Gasteiger partial charge in [-0.3, -0.25) is 4.79 Å². The molecule has 6 heteroatoms. The highest BCUT2D eigenvalue weighted by atomic mass is 16.5. The molecule has 1 aliphatic carbocycles. The zero-order valence-corrected chi connectivity index (χ0v) is 11.0. The lowest BCUT2D eigenvalue weighted by molar-refractivity contribution is -0.122. The zero-order valence-electron chi connectivity index (χ0n) is 11.0. The molecule has 0 bridgehead atoms. The van der Waals surface area contributed by atoms with Crippen LogP contribution in [0.5, 0.6) is 0 Å². The molecule has 6 nitrogen and oxygen atoms in total. The minimum atomic E-state index is -0.0154. The number of aromatic nitrogens is 2. The second-order valence-electron chi connectivity index (χ2n) is 5.49. The summed E-state index contributed by atoms with van der Waals surface area (Å²) in [7, 11) is 0. The van der Waals surface area contributed by atoms with Crippen molar-refractivity contribution in [2.24, 2.45) is 5.92 Å². The molecule has 2 fully saturated rings. The molecule has 3 atom stereocenters. The van der Waals surface area contributed by atoms with E-state index < -0.39 is 0 Å². The van der Waals surface area contributed by atoms with Gasteiger partial charge in [0.05, 0.1) is 6.04 Å². The Kier molecular flexibility index (Phi) is 3.77. The van der Waals surface area contributed by atoms with Crippen molar-refractivity contribution in [1.29, 1.82) is 0 Å². The highest BCUT2D eigenvalue weighted by Gasteiger charge is 2.37. The Bertz CT molecular complexity index is 406. The van der Waals surface area contributed by atoms with Gasteiger partial charge >= 0.3 is 0 Å². The van der Waals surface area contributed by atoms with Gasteiger partial charge < -0.3 is 15.2 Å². The maximum atomic E-state index is 12.1. The molecule has 3 unspecified atom stereocenters. The molecular formula is C13H20N4O2. The van der Waals surface area contributed by atoms with E-state index in [4.69, 9.17) is 0 Å². The fraction of sp³-hybridized carbons (Fsp3) is 0.769. The smallest absolute Gasteiger partial charge is 0.237 e. The van der Waals surface area contributed by atoms with Crippen LogP contribution in [0.2, 0.25) is 0 Å². The minimum absolute atomic E-state index is 0.0154. The number of hydrogen-bond acceptors (Lipinski definition) is 5. The van der Waals surface area contributed by atoms with Crippen LogP contribution in [0.3, 0.4) is 0 Å². The van der Waals surface area contributed by atoms with Crippen LogP contribution in [0.15, 0.2) is 10.9 Å². The van der Waals surface area contributed by atoms with Crippen molar-refractivity contribution < 1.29 is 9.32 Å². The van der Waals surface area contributed by atoms with Crippen LogP contribution in [0, 0.1) is 5.92 Å². The predicted octanol–water partition coefficient (Wildman–Crippen LogP) is 0.649. The minimum Gasteiger partial charge on any atom is -0.354 e. The third-order valence-corrected chi connectivity index (χ3v) is 4.23. The van der Waals surface area contributed by atoms with Crippen molar-refractivity contribution in [3.05, 3.63) is 12.2 Å². The molecule has 0 aromatic carbocycles. The summed E-state index contributed by atoms with van der Waals surface area (Å²) >= 11 is 0. The van der Waals surface area contributed by atoms with Crippen LogP contribution in [0.4, 0.5) is 0 Å². The van der Waals surface area contributed by atoms with Crippen LogP contribution in [-0.4, -0.2) is 34.7 Å². The van der Waals surface area contributed by atoms with Crippen molar-refractivity contribution in [2.45, 2.75) is 50.6 Å². The highest BCUT2D eigenvalue weighted by Crippen LogP contribution is 2.33. The molecule has 19 heavy (non-hydrogen) atoms. The van der Waals surface area contributed by atoms with E-state index in [1.807, 2.05) is 0 Å². The van der Waals surface area contributed by atoms with Gasteiger partial charge in [-0.05, 0) is 25.2 Å². The summed E-state index contributed by atoms with van der Waals surface area (Å²) in [5.74, 6) is 1.44. The van der Waals surface area contributed by atoms with Gasteiger partial charge in [0, 0.05) is 19.0 Å². The van der Waals surface area contributed by atoms with Crippen LogP contribution in [0.1, 0.15) is 37.9 Å². The quantitative estimate of drug-likeness (QED) is 0.834. The van der Waals surface area contributed by atoms with Gasteiger partial charge in [-0.15, -0.1) is 0 Å². The van der Waals surface area contributed by atoms with Crippen LogP contribution in [0.25, 0.3) is 0 Å². The number of nitrogens with zero attached hydrogens (tertiary/aromatic N) is 2. The lowest BCUT2D eigenvalue weighted by atomic mass is 9.85. The summed E-state index contributed by atoms with van der Waals surface area (Å²) in [4.78, 5) is 16.0. The molecule has 2 heterocycles. The molecule has 1 aliphatic heterocycles. The Morgan fingerprint density at radius 1 is 1.47 bits per heavy atom. The Balaban J connectivity index is 1.43. The van der Waals surface area contributed by atoms with Crippen molar-refractivity contribution >= 4 is 5.91 Å². The van der Waals surface area contributed by atoms with Crippen LogP contribution < -0.4 is 10.6 Å². The Hall–Kier alpha value is -1.43. The number of nitrogens with one attached hydrogen (secondary N) is 2. The lowest BCUT2D eigenvalue weighted by Gasteiger charge is -2.24. The summed E-state index contributed by atoms with van der Waals surface area (Å²) in [6.45, 7) is 0.561. The lowest BCUT2D eigenvalue weighted by Crippen LogP contribution is -2.43. The van der Waals surface area contributed by atoms with E-state index in [0.717, 1.165) is 6.42 Å². The Labute approximate surface area is 112 Å². The molecule has 2 aliphatic rings. The van der Waals surface area contributed by atoms with Gasteiger partial charge in [0.1, 0.15) is 0 Å². The summed E-state index contributed by atoms with van der Waals surface area (Å²) in [6.07, 6.45) is 8.00. The third kappa shape index (κ3) is 2.94. The van der Waals surface area contributed by atoms with Gasteiger partial charge in [0.15, 0.2) is 5.82 Å². The van der Waals surface area contributed by atoms with E-state index in [2.05, 4.69) is 25.3 Å². The van der Waals surface area contributed by atoms with Gasteiger partial charge in [0.25, 0.3) is 0 Å². The molecule has 0 radical (unpaired) electrons. The molecule has 1 saturated carbocycles. The van der Waals surface area contributed by atoms with Crippen molar-refractivity contribution in [2.75, 3.05) is 6.54 Å². The van der Waals surface area contributed by atoms with Gasteiger partial charge in [-0.1, -0.05) is 18.0 Å². The topological polar surface area (TPSA) is 80.1 Å². The summed E-state index contributed by atoms with van der Waals surface area (Å²) in [5, 5.41) is 10.1. The second-order valence-corrected chi connectivity index (χ2v) is 5.49. The second kappa shape index (κ2) is 5.69. The largest absolute Gasteiger partial charge is 0.354 e. The first-order valence-corrected chi connectivity index (χ1v) is 7.12. The average Bonchev–Trinajstić information content (AvgIpc) is 3.07. The summed E-state index contributed by atoms with van der Waals surface area (Å²) in [6, 6.07) is 0.542. The Morgan fingerprint density at radius 2 is 2.37 bits per heavy atom. The van der Waals surface area contributed by atoms with Crippen molar-refractivity contribution in [3.8, 4) is 0 Å². The fourth-order valence-corrected chi connectivity index (χ4v) is 3.24. The van der Waals surface area contributed by atoms with E-state index in [1.54, 1.807) is 0 Å². The number of hydrogen-bond donors (Lipinski definition) is 2. The molecule has 0 spiro atoms. The first kappa shape index (κ1) is 12.6. The maximum Gasteiger partial charge on any atom is 0.237 e. The predicted molar refractivity (Wildman–Crippen MR) is 68.3 cm³/mol. The summed E-state index contributed by atoms with van der Waals surface area (Å²) in [5.41, 5.74) is 0. The van der Waals surface area contributed by atoms with E-state index in [-0.39, 0.29) is 11.9 Å². The fourth-order valence-electron chi connectivity index (χ4n) is 3.24. The number of carbonyl (C=O) groups excluding carboxylic acids is 1. The summed E-state index contributed by atoms with van der Waals surface area (Å²) < 4.78 is 4.65. The normalized spacial score (nSPS) is 30.0. The number of fused-ring (bicyclic) bond motifs is 1. The van der Waals surface area contributed by atoms with Gasteiger partial charge in [-0.25, -0.2) is 0 Å². The third-order valence-electron chi connectivity index (χ3n) is 4.23.